The Kier molecular flexibility index (Phi) is 4.51. The molecule has 96 valence electrons. The summed E-state index contributed by atoms with van der Waals surface area (Å²) < 4.78 is 2.35. The maximum absolute atomic E-state index is 4.34. The van der Waals surface area contributed by atoms with Crippen LogP contribution >= 0.6 is 11.8 Å². The zero-order valence-electron chi connectivity index (χ0n) is 10.9. The molecule has 1 saturated heterocycles. The van der Waals surface area contributed by atoms with Gasteiger partial charge in [-0.15, -0.1) is 0 Å². The molecule has 0 amide bonds. The van der Waals surface area contributed by atoms with E-state index in [0.717, 1.165) is 19.6 Å². The first-order valence-corrected chi connectivity index (χ1v) is 7.71. The molecule has 1 aromatic heterocycles. The van der Waals surface area contributed by atoms with E-state index in [4.69, 9.17) is 0 Å². The number of thioether (sulfide) groups is 1. The third kappa shape index (κ3) is 3.05. The molecule has 0 bridgehead atoms. The van der Waals surface area contributed by atoms with Crippen molar-refractivity contribution in [1.82, 2.24) is 14.9 Å². The van der Waals surface area contributed by atoms with Crippen LogP contribution in [-0.4, -0.2) is 34.1 Å². The second-order valence-electron chi connectivity index (χ2n) is 5.01. The van der Waals surface area contributed by atoms with Gasteiger partial charge in [-0.05, 0) is 30.9 Å². The van der Waals surface area contributed by atoms with Crippen molar-refractivity contribution in [1.29, 1.82) is 0 Å². The monoisotopic (exact) mass is 253 g/mol. The predicted molar refractivity (Wildman–Crippen MR) is 74.7 cm³/mol. The van der Waals surface area contributed by atoms with Gasteiger partial charge in [0, 0.05) is 30.4 Å². The minimum absolute atomic E-state index is 0.286. The number of aryl methyl sites for hydroxylation is 1. The number of aromatic nitrogens is 2. The lowest BCUT2D eigenvalue weighted by molar-refractivity contribution is 0.470. The highest BCUT2D eigenvalue weighted by Gasteiger charge is 2.33. The third-order valence-corrected chi connectivity index (χ3v) is 4.58. The van der Waals surface area contributed by atoms with Crippen LogP contribution in [0.4, 0.5) is 0 Å². The summed E-state index contributed by atoms with van der Waals surface area (Å²) in [6.45, 7) is 7.90. The van der Waals surface area contributed by atoms with Crippen molar-refractivity contribution in [3.63, 3.8) is 0 Å². The topological polar surface area (TPSA) is 29.9 Å². The zero-order chi connectivity index (χ0) is 12.1. The van der Waals surface area contributed by atoms with Gasteiger partial charge < -0.3 is 9.88 Å². The molecule has 1 fully saturated rings. The number of rotatable bonds is 6. The summed E-state index contributed by atoms with van der Waals surface area (Å²) in [7, 11) is 0. The van der Waals surface area contributed by atoms with Crippen LogP contribution in [0.5, 0.6) is 0 Å². The highest BCUT2D eigenvalue weighted by molar-refractivity contribution is 7.99. The molecule has 1 N–H and O–H groups in total. The van der Waals surface area contributed by atoms with Crippen molar-refractivity contribution < 1.29 is 0 Å². The van der Waals surface area contributed by atoms with E-state index < -0.39 is 0 Å². The molecular weight excluding hydrogens is 230 g/mol. The first kappa shape index (κ1) is 13.0. The lowest BCUT2D eigenvalue weighted by Crippen LogP contribution is -2.28. The van der Waals surface area contributed by atoms with Crippen LogP contribution in [0.25, 0.3) is 0 Å². The van der Waals surface area contributed by atoms with E-state index in [0.29, 0.717) is 0 Å². The second-order valence-corrected chi connectivity index (χ2v) is 6.40. The average Bonchev–Trinajstić information content (AvgIpc) is 2.94. The van der Waals surface area contributed by atoms with Gasteiger partial charge in [0.2, 0.25) is 0 Å². The molecule has 0 aromatic carbocycles. The van der Waals surface area contributed by atoms with E-state index >= 15 is 0 Å². The van der Waals surface area contributed by atoms with E-state index in [9.17, 15) is 0 Å². The Morgan fingerprint density at radius 1 is 1.59 bits per heavy atom. The quantitative estimate of drug-likeness (QED) is 0.789. The number of hydrogen-bond donors (Lipinski definition) is 1. The van der Waals surface area contributed by atoms with Crippen LogP contribution in [0.2, 0.25) is 0 Å². The fourth-order valence-electron chi connectivity index (χ4n) is 2.52. The average molecular weight is 253 g/mol. The summed E-state index contributed by atoms with van der Waals surface area (Å²) in [5, 5.41) is 3.46. The molecule has 0 saturated carbocycles. The van der Waals surface area contributed by atoms with Crippen LogP contribution < -0.4 is 5.32 Å². The number of nitrogens with one attached hydrogen (secondary N) is 1. The summed E-state index contributed by atoms with van der Waals surface area (Å²) in [6.07, 6.45) is 6.52. The number of hydrogen-bond acceptors (Lipinski definition) is 3. The molecule has 1 unspecified atom stereocenters. The molecule has 0 spiro atoms. The van der Waals surface area contributed by atoms with Gasteiger partial charge in [0.05, 0.1) is 6.33 Å². The smallest absolute Gasteiger partial charge is 0.0948 e. The molecule has 0 aliphatic carbocycles. The Balaban J connectivity index is 1.96. The molecular formula is C13H23N3S. The summed E-state index contributed by atoms with van der Waals surface area (Å²) in [4.78, 5) is 4.34. The maximum Gasteiger partial charge on any atom is 0.0948 e. The van der Waals surface area contributed by atoms with Crippen molar-refractivity contribution in [2.45, 2.75) is 38.6 Å². The number of imidazole rings is 1. The Hall–Kier alpha value is -0.480. The molecule has 2 rings (SSSR count). The highest BCUT2D eigenvalue weighted by Crippen LogP contribution is 2.29. The van der Waals surface area contributed by atoms with Crippen LogP contribution in [0.15, 0.2) is 12.5 Å². The molecule has 1 aliphatic rings. The van der Waals surface area contributed by atoms with Gasteiger partial charge in [0.15, 0.2) is 0 Å². The predicted octanol–water partition coefficient (Wildman–Crippen LogP) is 2.28. The van der Waals surface area contributed by atoms with Gasteiger partial charge in [0.1, 0.15) is 0 Å². The van der Waals surface area contributed by atoms with Crippen LogP contribution in [-0.2, 0) is 12.0 Å². The molecule has 17 heavy (non-hydrogen) atoms. The van der Waals surface area contributed by atoms with E-state index in [-0.39, 0.29) is 5.41 Å². The Labute approximate surface area is 108 Å². The SMILES string of the molecule is CCSCCCn1cncc1C1(C)CCNC1. The Bertz CT molecular complexity index is 342. The fourth-order valence-corrected chi connectivity index (χ4v) is 3.14. The molecule has 3 nitrogen and oxygen atoms in total. The summed E-state index contributed by atoms with van der Waals surface area (Å²) in [5.74, 6) is 2.47. The van der Waals surface area contributed by atoms with E-state index in [1.165, 1.54) is 30.0 Å². The maximum atomic E-state index is 4.34. The minimum atomic E-state index is 0.286. The summed E-state index contributed by atoms with van der Waals surface area (Å²) >= 11 is 2.02. The number of nitrogens with zero attached hydrogens (tertiary/aromatic N) is 2. The molecule has 1 atom stereocenters. The molecule has 1 aromatic rings. The van der Waals surface area contributed by atoms with Crippen LogP contribution in [0, 0.1) is 0 Å². The van der Waals surface area contributed by atoms with Crippen LogP contribution in [0.1, 0.15) is 32.4 Å². The van der Waals surface area contributed by atoms with Crippen molar-refractivity contribution >= 4 is 11.8 Å². The summed E-state index contributed by atoms with van der Waals surface area (Å²) in [5.41, 5.74) is 1.69. The molecule has 4 heteroatoms. The lowest BCUT2D eigenvalue weighted by Gasteiger charge is -2.24. The van der Waals surface area contributed by atoms with Gasteiger partial charge in [-0.1, -0.05) is 13.8 Å². The van der Waals surface area contributed by atoms with Crippen molar-refractivity contribution in [2.24, 2.45) is 0 Å². The Morgan fingerprint density at radius 3 is 3.18 bits per heavy atom. The Morgan fingerprint density at radius 2 is 2.47 bits per heavy atom. The van der Waals surface area contributed by atoms with Crippen molar-refractivity contribution in [3.8, 4) is 0 Å². The van der Waals surface area contributed by atoms with Gasteiger partial charge in [0.25, 0.3) is 0 Å². The van der Waals surface area contributed by atoms with Gasteiger partial charge >= 0.3 is 0 Å². The van der Waals surface area contributed by atoms with Gasteiger partial charge in [-0.2, -0.15) is 11.8 Å². The zero-order valence-corrected chi connectivity index (χ0v) is 11.7. The first-order chi connectivity index (χ1) is 8.26. The van der Waals surface area contributed by atoms with Crippen molar-refractivity contribution in [2.75, 3.05) is 24.6 Å². The highest BCUT2D eigenvalue weighted by atomic mass is 32.2. The van der Waals surface area contributed by atoms with Gasteiger partial charge in [-0.3, -0.25) is 0 Å². The first-order valence-electron chi connectivity index (χ1n) is 6.55. The van der Waals surface area contributed by atoms with Crippen molar-refractivity contribution in [3.05, 3.63) is 18.2 Å². The van der Waals surface area contributed by atoms with E-state index in [2.05, 4.69) is 34.9 Å². The molecule has 2 heterocycles. The minimum Gasteiger partial charge on any atom is -0.334 e. The second kappa shape index (κ2) is 5.91. The standard InChI is InChI=1S/C13H23N3S/c1-3-17-8-4-7-16-11-15-9-12(16)13(2)5-6-14-10-13/h9,11,14H,3-8,10H2,1-2H3. The summed E-state index contributed by atoms with van der Waals surface area (Å²) in [6, 6.07) is 0. The van der Waals surface area contributed by atoms with E-state index in [1.54, 1.807) is 0 Å². The third-order valence-electron chi connectivity index (χ3n) is 3.59. The normalized spacial score (nSPS) is 24.4. The van der Waals surface area contributed by atoms with Gasteiger partial charge in [-0.25, -0.2) is 4.98 Å². The van der Waals surface area contributed by atoms with Crippen LogP contribution in [0.3, 0.4) is 0 Å². The largest absolute Gasteiger partial charge is 0.334 e. The molecule has 1 aliphatic heterocycles. The molecule has 0 radical (unpaired) electrons. The van der Waals surface area contributed by atoms with E-state index in [1.807, 2.05) is 18.1 Å². The lowest BCUT2D eigenvalue weighted by atomic mass is 9.86. The fraction of sp³-hybridized carbons (Fsp3) is 0.769.